The largest absolute Gasteiger partial charge is 0.374 e. The number of rotatable bonds is 4. The third kappa shape index (κ3) is 3.13. The van der Waals surface area contributed by atoms with E-state index < -0.39 is 0 Å². The smallest absolute Gasteiger partial charge is 0.158 e. The van der Waals surface area contributed by atoms with Crippen LogP contribution in [0.3, 0.4) is 0 Å². The molecule has 1 aromatic rings. The lowest BCUT2D eigenvalue weighted by molar-refractivity contribution is 0.112. The molecule has 1 rings (SSSR count). The van der Waals surface area contributed by atoms with E-state index in [4.69, 9.17) is 16.3 Å². The Morgan fingerprint density at radius 2 is 2.13 bits per heavy atom. The van der Waals surface area contributed by atoms with Gasteiger partial charge in [-0.05, 0) is 29.3 Å². The van der Waals surface area contributed by atoms with Crippen molar-refractivity contribution < 1.29 is 4.74 Å². The summed E-state index contributed by atoms with van der Waals surface area (Å²) < 4.78 is 5.96. The summed E-state index contributed by atoms with van der Waals surface area (Å²) in [6.45, 7) is 4.00. The van der Waals surface area contributed by atoms with Crippen molar-refractivity contribution in [2.24, 2.45) is 0 Å². The Bertz CT molecular complexity index is 346. The van der Waals surface area contributed by atoms with Crippen LogP contribution in [0.25, 0.3) is 0 Å². The minimum atomic E-state index is -0.133. The first-order valence-electron chi connectivity index (χ1n) is 4.84. The summed E-state index contributed by atoms with van der Waals surface area (Å²) in [5.41, 5.74) is 0.941. The zero-order valence-corrected chi connectivity index (χ0v) is 11.4. The maximum absolute atomic E-state index is 6.00. The zero-order chi connectivity index (χ0) is 11.4. The van der Waals surface area contributed by atoms with Crippen LogP contribution in [0, 0.1) is 0 Å². The Kier molecular flexibility index (Phi) is 4.96. The molecular weight excluding hydrogens is 279 g/mol. The Hall–Kier alpha value is -0.190. The summed E-state index contributed by atoms with van der Waals surface area (Å²) in [7, 11) is 1.63. The second kappa shape index (κ2) is 5.77. The highest BCUT2D eigenvalue weighted by atomic mass is 79.9. The lowest BCUT2D eigenvalue weighted by Gasteiger charge is -2.11. The van der Waals surface area contributed by atoms with Crippen LogP contribution < -0.4 is 0 Å². The summed E-state index contributed by atoms with van der Waals surface area (Å²) in [6, 6.07) is 0. The molecule has 1 unspecified atom stereocenters. The standard InChI is InChI=1S/C10H14BrClN2O/c1-4-5-7-8(11)9(12)14-10(13-7)6(2)15-3/h6H,4-5H2,1-3H3. The minimum absolute atomic E-state index is 0.133. The number of ether oxygens (including phenoxy) is 1. The molecule has 0 saturated carbocycles. The first-order chi connectivity index (χ1) is 7.10. The van der Waals surface area contributed by atoms with Crippen LogP contribution >= 0.6 is 27.5 Å². The summed E-state index contributed by atoms with van der Waals surface area (Å²) in [5, 5.41) is 0.451. The Morgan fingerprint density at radius 3 is 2.67 bits per heavy atom. The van der Waals surface area contributed by atoms with Gasteiger partial charge in [-0.1, -0.05) is 24.9 Å². The topological polar surface area (TPSA) is 35.0 Å². The summed E-state index contributed by atoms with van der Waals surface area (Å²) in [5.74, 6) is 0.633. The number of hydrogen-bond donors (Lipinski definition) is 0. The van der Waals surface area contributed by atoms with Crippen molar-refractivity contribution in [1.29, 1.82) is 0 Å². The van der Waals surface area contributed by atoms with E-state index in [1.807, 2.05) is 6.92 Å². The molecule has 5 heteroatoms. The van der Waals surface area contributed by atoms with Gasteiger partial charge in [-0.3, -0.25) is 0 Å². The van der Waals surface area contributed by atoms with Gasteiger partial charge < -0.3 is 4.74 Å². The number of nitrogens with zero attached hydrogens (tertiary/aromatic N) is 2. The van der Waals surface area contributed by atoms with E-state index in [2.05, 4.69) is 32.8 Å². The van der Waals surface area contributed by atoms with Crippen LogP contribution in [0.2, 0.25) is 5.15 Å². The molecule has 0 saturated heterocycles. The number of methoxy groups -OCH3 is 1. The van der Waals surface area contributed by atoms with Crippen molar-refractivity contribution in [3.63, 3.8) is 0 Å². The van der Waals surface area contributed by atoms with Gasteiger partial charge in [0.05, 0.1) is 10.2 Å². The molecule has 0 aromatic carbocycles. The highest BCUT2D eigenvalue weighted by Gasteiger charge is 2.14. The van der Waals surface area contributed by atoms with E-state index in [0.29, 0.717) is 11.0 Å². The molecule has 1 heterocycles. The number of hydrogen-bond acceptors (Lipinski definition) is 3. The molecular formula is C10H14BrClN2O. The van der Waals surface area contributed by atoms with Crippen molar-refractivity contribution >= 4 is 27.5 Å². The molecule has 0 aliphatic carbocycles. The van der Waals surface area contributed by atoms with Gasteiger partial charge in [-0.2, -0.15) is 0 Å². The molecule has 1 atom stereocenters. The molecule has 1 aromatic heterocycles. The zero-order valence-electron chi connectivity index (χ0n) is 9.05. The van der Waals surface area contributed by atoms with Crippen molar-refractivity contribution in [3.05, 3.63) is 21.1 Å². The SMILES string of the molecule is CCCc1nc(C(C)OC)nc(Cl)c1Br. The fourth-order valence-electron chi connectivity index (χ4n) is 1.17. The highest BCUT2D eigenvalue weighted by molar-refractivity contribution is 9.10. The molecule has 0 fully saturated rings. The molecule has 0 aliphatic heterocycles. The molecule has 0 aliphatic rings. The first kappa shape index (κ1) is 12.9. The van der Waals surface area contributed by atoms with E-state index in [0.717, 1.165) is 23.0 Å². The van der Waals surface area contributed by atoms with Crippen molar-refractivity contribution in [2.45, 2.75) is 32.8 Å². The summed E-state index contributed by atoms with van der Waals surface area (Å²) in [4.78, 5) is 8.60. The third-order valence-corrected chi connectivity index (χ3v) is 3.44. The van der Waals surface area contributed by atoms with Gasteiger partial charge >= 0.3 is 0 Å². The molecule has 0 amide bonds. The maximum atomic E-state index is 6.00. The number of halogens is 2. The quantitative estimate of drug-likeness (QED) is 0.796. The lowest BCUT2D eigenvalue weighted by Crippen LogP contribution is -2.06. The second-order valence-corrected chi connectivity index (χ2v) is 4.41. The highest BCUT2D eigenvalue weighted by Crippen LogP contribution is 2.26. The molecule has 84 valence electrons. The third-order valence-electron chi connectivity index (χ3n) is 2.10. The average molecular weight is 294 g/mol. The van der Waals surface area contributed by atoms with Crippen LogP contribution in [0.4, 0.5) is 0 Å². The predicted octanol–water partition coefficient (Wildman–Crippen LogP) is 3.55. The predicted molar refractivity (Wildman–Crippen MR) is 64.2 cm³/mol. The van der Waals surface area contributed by atoms with Gasteiger partial charge in [0.2, 0.25) is 0 Å². The Morgan fingerprint density at radius 1 is 1.47 bits per heavy atom. The van der Waals surface area contributed by atoms with E-state index in [-0.39, 0.29) is 6.10 Å². The average Bonchev–Trinajstić information content (AvgIpc) is 2.23. The van der Waals surface area contributed by atoms with Crippen molar-refractivity contribution in [3.8, 4) is 0 Å². The Labute approximate surface area is 103 Å². The number of aryl methyl sites for hydroxylation is 1. The van der Waals surface area contributed by atoms with E-state index in [1.165, 1.54) is 0 Å². The number of aromatic nitrogens is 2. The Balaban J connectivity index is 3.11. The van der Waals surface area contributed by atoms with Gasteiger partial charge in [-0.25, -0.2) is 9.97 Å². The maximum Gasteiger partial charge on any atom is 0.158 e. The van der Waals surface area contributed by atoms with E-state index in [9.17, 15) is 0 Å². The second-order valence-electron chi connectivity index (χ2n) is 3.26. The van der Waals surface area contributed by atoms with Gasteiger partial charge in [0.15, 0.2) is 5.82 Å². The summed E-state index contributed by atoms with van der Waals surface area (Å²) >= 11 is 9.39. The molecule has 0 bridgehead atoms. The normalized spacial score (nSPS) is 12.9. The lowest BCUT2D eigenvalue weighted by atomic mass is 10.2. The molecule has 15 heavy (non-hydrogen) atoms. The van der Waals surface area contributed by atoms with Crippen LogP contribution in [0.15, 0.2) is 4.47 Å². The van der Waals surface area contributed by atoms with Gasteiger partial charge in [0, 0.05) is 7.11 Å². The fourth-order valence-corrected chi connectivity index (χ4v) is 1.74. The summed E-state index contributed by atoms with van der Waals surface area (Å²) in [6.07, 6.45) is 1.77. The molecule has 0 spiro atoms. The molecule has 0 N–H and O–H groups in total. The minimum Gasteiger partial charge on any atom is -0.374 e. The monoisotopic (exact) mass is 292 g/mol. The molecule has 3 nitrogen and oxygen atoms in total. The van der Waals surface area contributed by atoms with Crippen LogP contribution in [-0.2, 0) is 11.2 Å². The first-order valence-corrected chi connectivity index (χ1v) is 6.01. The van der Waals surface area contributed by atoms with Gasteiger partial charge in [0.1, 0.15) is 11.3 Å². The van der Waals surface area contributed by atoms with Crippen LogP contribution in [-0.4, -0.2) is 17.1 Å². The van der Waals surface area contributed by atoms with Gasteiger partial charge in [-0.15, -0.1) is 0 Å². The van der Waals surface area contributed by atoms with E-state index in [1.54, 1.807) is 7.11 Å². The van der Waals surface area contributed by atoms with Crippen LogP contribution in [0.1, 0.15) is 37.9 Å². The van der Waals surface area contributed by atoms with Crippen molar-refractivity contribution in [2.75, 3.05) is 7.11 Å². The fraction of sp³-hybridized carbons (Fsp3) is 0.600. The molecule has 0 radical (unpaired) electrons. The van der Waals surface area contributed by atoms with Crippen LogP contribution in [0.5, 0.6) is 0 Å². The van der Waals surface area contributed by atoms with E-state index >= 15 is 0 Å². The van der Waals surface area contributed by atoms with Gasteiger partial charge in [0.25, 0.3) is 0 Å². The van der Waals surface area contributed by atoms with Crippen molar-refractivity contribution in [1.82, 2.24) is 9.97 Å².